The van der Waals surface area contributed by atoms with Crippen molar-refractivity contribution in [2.24, 2.45) is 0 Å². The monoisotopic (exact) mass is 571 g/mol. The fourth-order valence-electron chi connectivity index (χ4n) is 4.19. The Kier molecular flexibility index (Phi) is 9.69. The van der Waals surface area contributed by atoms with Gasteiger partial charge >= 0.3 is 0 Å². The summed E-state index contributed by atoms with van der Waals surface area (Å²) in [7, 11) is 1.63. The minimum Gasteiger partial charge on any atom is -0.395 e. The first-order chi connectivity index (χ1) is 20.2. The number of halogens is 1. The number of aliphatic hydroxyl groups excluding tert-OH is 1. The standard InChI is InChI=1S/C31H30FN5O5/c1-19(33-2)29(40)36-26-10-11-27(22-4-3-5-23(15-22)30(41)35-12-13-38)37(31(26)42)18-20-14-24(17-34-16-20)28(39)21-6-8-25(32)9-7-21/h3-11,14-17,19,33,38H,12-13,18H2,1-2H3,(H,35,41)(H,36,40). The largest absolute Gasteiger partial charge is 0.395 e. The predicted octanol–water partition coefficient (Wildman–Crippen LogP) is 2.60. The molecule has 0 aliphatic heterocycles. The van der Waals surface area contributed by atoms with Gasteiger partial charge in [-0.15, -0.1) is 0 Å². The smallest absolute Gasteiger partial charge is 0.275 e. The van der Waals surface area contributed by atoms with Crippen LogP contribution >= 0.6 is 0 Å². The maximum Gasteiger partial charge on any atom is 0.275 e. The molecule has 11 heteroatoms. The second kappa shape index (κ2) is 13.6. The molecule has 216 valence electrons. The summed E-state index contributed by atoms with van der Waals surface area (Å²) in [5.41, 5.74) is 1.94. The van der Waals surface area contributed by atoms with Gasteiger partial charge in [0.2, 0.25) is 5.91 Å². The average molecular weight is 572 g/mol. The maximum atomic E-state index is 13.7. The van der Waals surface area contributed by atoms with Gasteiger partial charge in [-0.3, -0.25) is 24.2 Å². The molecule has 0 radical (unpaired) electrons. The summed E-state index contributed by atoms with van der Waals surface area (Å²) >= 11 is 0. The number of ketones is 1. The molecule has 2 aromatic heterocycles. The van der Waals surface area contributed by atoms with Gasteiger partial charge in [0.25, 0.3) is 11.5 Å². The molecule has 0 bridgehead atoms. The van der Waals surface area contributed by atoms with Crippen LogP contribution in [0, 0.1) is 5.82 Å². The summed E-state index contributed by atoms with van der Waals surface area (Å²) in [5, 5.41) is 17.1. The van der Waals surface area contributed by atoms with Crippen molar-refractivity contribution in [3.05, 3.63) is 118 Å². The summed E-state index contributed by atoms with van der Waals surface area (Å²) < 4.78 is 14.8. The number of aliphatic hydroxyl groups is 1. The Morgan fingerprint density at radius 2 is 1.74 bits per heavy atom. The van der Waals surface area contributed by atoms with Crippen LogP contribution in [0.2, 0.25) is 0 Å². The lowest BCUT2D eigenvalue weighted by atomic mass is 10.0. The van der Waals surface area contributed by atoms with Crippen LogP contribution in [0.15, 0.2) is 83.9 Å². The highest BCUT2D eigenvalue weighted by atomic mass is 19.1. The van der Waals surface area contributed by atoms with Crippen molar-refractivity contribution in [3.63, 3.8) is 0 Å². The summed E-state index contributed by atoms with van der Waals surface area (Å²) in [6, 6.07) is 16.0. The molecule has 0 saturated heterocycles. The first kappa shape index (κ1) is 30.0. The fraction of sp³-hybridized carbons (Fsp3) is 0.194. The summed E-state index contributed by atoms with van der Waals surface area (Å²) in [6.45, 7) is 1.52. The molecule has 1 unspecified atom stereocenters. The van der Waals surface area contributed by atoms with E-state index in [1.54, 1.807) is 50.4 Å². The van der Waals surface area contributed by atoms with Crippen molar-refractivity contribution in [1.29, 1.82) is 0 Å². The second-order valence-electron chi connectivity index (χ2n) is 9.50. The molecule has 2 aromatic carbocycles. The Hall–Kier alpha value is -5.00. The lowest BCUT2D eigenvalue weighted by Crippen LogP contribution is -2.37. The van der Waals surface area contributed by atoms with Crippen LogP contribution in [0.5, 0.6) is 0 Å². The molecule has 0 spiro atoms. The van der Waals surface area contributed by atoms with Gasteiger partial charge < -0.3 is 25.6 Å². The summed E-state index contributed by atoms with van der Waals surface area (Å²) in [6.07, 6.45) is 2.91. The highest BCUT2D eigenvalue weighted by Crippen LogP contribution is 2.23. The lowest BCUT2D eigenvalue weighted by Gasteiger charge is -2.17. The van der Waals surface area contributed by atoms with Crippen LogP contribution in [-0.2, 0) is 11.3 Å². The molecule has 0 aliphatic carbocycles. The topological polar surface area (TPSA) is 142 Å². The van der Waals surface area contributed by atoms with Crippen molar-refractivity contribution in [2.45, 2.75) is 19.5 Å². The zero-order chi connectivity index (χ0) is 30.2. The molecule has 0 fully saturated rings. The number of benzene rings is 2. The third-order valence-electron chi connectivity index (χ3n) is 6.58. The van der Waals surface area contributed by atoms with Crippen LogP contribution in [0.4, 0.5) is 10.1 Å². The van der Waals surface area contributed by atoms with E-state index in [1.807, 2.05) is 0 Å². The molecule has 10 nitrogen and oxygen atoms in total. The Balaban J connectivity index is 1.76. The molecule has 2 heterocycles. The number of carbonyl (C=O) groups is 3. The van der Waals surface area contributed by atoms with Crippen molar-refractivity contribution in [2.75, 3.05) is 25.5 Å². The number of carbonyl (C=O) groups excluding carboxylic acids is 3. The Bertz CT molecular complexity index is 1670. The first-order valence-corrected chi connectivity index (χ1v) is 13.2. The van der Waals surface area contributed by atoms with Gasteiger partial charge in [0.05, 0.1) is 24.9 Å². The maximum absolute atomic E-state index is 13.7. The van der Waals surface area contributed by atoms with E-state index in [4.69, 9.17) is 5.11 Å². The van der Waals surface area contributed by atoms with E-state index in [1.165, 1.54) is 47.3 Å². The quantitative estimate of drug-likeness (QED) is 0.203. The molecule has 0 aliphatic rings. The molecule has 1 atom stereocenters. The predicted molar refractivity (Wildman–Crippen MR) is 156 cm³/mol. The van der Waals surface area contributed by atoms with E-state index in [0.29, 0.717) is 22.4 Å². The van der Waals surface area contributed by atoms with E-state index < -0.39 is 23.3 Å². The Labute approximate surface area is 241 Å². The molecular weight excluding hydrogens is 541 g/mol. The van der Waals surface area contributed by atoms with E-state index >= 15 is 0 Å². The summed E-state index contributed by atoms with van der Waals surface area (Å²) in [5.74, 6) is -1.61. The number of nitrogens with one attached hydrogen (secondary N) is 3. The second-order valence-corrected chi connectivity index (χ2v) is 9.50. The van der Waals surface area contributed by atoms with Crippen LogP contribution in [-0.4, -0.2) is 58.5 Å². The minimum absolute atomic E-state index is 0.0159. The number of pyridine rings is 2. The van der Waals surface area contributed by atoms with Gasteiger partial charge in [0, 0.05) is 35.6 Å². The Morgan fingerprint density at radius 3 is 2.45 bits per heavy atom. The molecule has 42 heavy (non-hydrogen) atoms. The van der Waals surface area contributed by atoms with E-state index in [-0.39, 0.29) is 48.2 Å². The molecule has 2 amide bonds. The van der Waals surface area contributed by atoms with E-state index in [2.05, 4.69) is 20.9 Å². The third kappa shape index (κ3) is 7.00. The van der Waals surface area contributed by atoms with E-state index in [0.717, 1.165) is 0 Å². The van der Waals surface area contributed by atoms with Gasteiger partial charge in [0.15, 0.2) is 5.78 Å². The van der Waals surface area contributed by atoms with Crippen molar-refractivity contribution in [1.82, 2.24) is 20.2 Å². The van der Waals surface area contributed by atoms with Crippen LogP contribution in [0.25, 0.3) is 11.3 Å². The number of likely N-dealkylation sites (N-methyl/N-ethyl adjacent to an activating group) is 1. The molecular formula is C31H30FN5O5. The minimum atomic E-state index is -0.551. The van der Waals surface area contributed by atoms with Gasteiger partial charge in [0.1, 0.15) is 11.5 Å². The van der Waals surface area contributed by atoms with Gasteiger partial charge in [-0.2, -0.15) is 0 Å². The van der Waals surface area contributed by atoms with Gasteiger partial charge in [-0.25, -0.2) is 4.39 Å². The fourth-order valence-corrected chi connectivity index (χ4v) is 4.19. The van der Waals surface area contributed by atoms with Crippen molar-refractivity contribution >= 4 is 23.3 Å². The van der Waals surface area contributed by atoms with Crippen molar-refractivity contribution in [3.8, 4) is 11.3 Å². The number of hydrogen-bond donors (Lipinski definition) is 4. The van der Waals surface area contributed by atoms with Crippen LogP contribution < -0.4 is 21.5 Å². The lowest BCUT2D eigenvalue weighted by molar-refractivity contribution is -0.117. The number of rotatable bonds is 11. The van der Waals surface area contributed by atoms with Crippen LogP contribution in [0.1, 0.15) is 38.8 Å². The van der Waals surface area contributed by atoms with Gasteiger partial charge in [-0.1, -0.05) is 12.1 Å². The van der Waals surface area contributed by atoms with Crippen LogP contribution in [0.3, 0.4) is 0 Å². The first-order valence-electron chi connectivity index (χ1n) is 13.2. The average Bonchev–Trinajstić information content (AvgIpc) is 3.01. The number of hydrogen-bond acceptors (Lipinski definition) is 7. The number of aromatic nitrogens is 2. The SMILES string of the molecule is CNC(C)C(=O)Nc1ccc(-c2cccc(C(=O)NCCO)c2)n(Cc2cncc(C(=O)c3ccc(F)cc3)c2)c1=O. The molecule has 4 N–H and O–H groups in total. The number of amides is 2. The molecule has 4 aromatic rings. The molecule has 0 saturated carbocycles. The van der Waals surface area contributed by atoms with E-state index in [9.17, 15) is 23.6 Å². The highest BCUT2D eigenvalue weighted by molar-refractivity contribution is 6.08. The highest BCUT2D eigenvalue weighted by Gasteiger charge is 2.18. The number of anilines is 1. The number of nitrogens with zero attached hydrogens (tertiary/aromatic N) is 2. The zero-order valence-corrected chi connectivity index (χ0v) is 23.1. The normalized spacial score (nSPS) is 11.5. The third-order valence-corrected chi connectivity index (χ3v) is 6.58. The summed E-state index contributed by atoms with van der Waals surface area (Å²) in [4.78, 5) is 56.0. The Morgan fingerprint density at radius 1 is 0.976 bits per heavy atom. The molecule has 4 rings (SSSR count). The van der Waals surface area contributed by atoms with Crippen molar-refractivity contribution < 1.29 is 23.9 Å². The zero-order valence-electron chi connectivity index (χ0n) is 23.1. The van der Waals surface area contributed by atoms with Gasteiger partial charge in [-0.05, 0) is 79.7 Å².